The Morgan fingerprint density at radius 2 is 2.62 bits per heavy atom. The van der Waals surface area contributed by atoms with E-state index in [1.54, 1.807) is 11.3 Å². The summed E-state index contributed by atoms with van der Waals surface area (Å²) in [5.74, 6) is 0. The highest BCUT2D eigenvalue weighted by Crippen LogP contribution is 2.18. The second-order valence-corrected chi connectivity index (χ2v) is 4.53. The second-order valence-electron chi connectivity index (χ2n) is 3.50. The van der Waals surface area contributed by atoms with Crippen molar-refractivity contribution in [3.63, 3.8) is 0 Å². The number of halogens is 1. The van der Waals surface area contributed by atoms with Gasteiger partial charge in [-0.15, -0.1) is 11.3 Å². The van der Waals surface area contributed by atoms with Crippen molar-refractivity contribution in [3.8, 4) is 0 Å². The molecular formula is C10H14FNS. The van der Waals surface area contributed by atoms with Crippen LogP contribution in [0.25, 0.3) is 0 Å². The van der Waals surface area contributed by atoms with Crippen LogP contribution in [0.1, 0.15) is 17.7 Å². The maximum atomic E-state index is 13.6. The number of thiophene rings is 1. The van der Waals surface area contributed by atoms with Crippen LogP contribution in [0.2, 0.25) is 0 Å². The van der Waals surface area contributed by atoms with Gasteiger partial charge in [0.25, 0.3) is 0 Å². The first-order valence-electron chi connectivity index (χ1n) is 4.76. The lowest BCUT2D eigenvalue weighted by atomic mass is 10.1. The van der Waals surface area contributed by atoms with Crippen LogP contribution in [-0.4, -0.2) is 18.8 Å². The van der Waals surface area contributed by atoms with Gasteiger partial charge in [0.15, 0.2) is 0 Å². The number of hydrogen-bond donors (Lipinski definition) is 1. The van der Waals surface area contributed by atoms with Crippen molar-refractivity contribution in [2.45, 2.75) is 31.5 Å². The monoisotopic (exact) mass is 199 g/mol. The minimum Gasteiger partial charge on any atom is -0.311 e. The van der Waals surface area contributed by atoms with Gasteiger partial charge in [0, 0.05) is 17.3 Å². The second kappa shape index (κ2) is 4.20. The summed E-state index contributed by atoms with van der Waals surface area (Å²) in [5.41, 5.74) is 0. The lowest BCUT2D eigenvalue weighted by Gasteiger charge is -2.14. The summed E-state index contributed by atoms with van der Waals surface area (Å²) >= 11 is 1.64. The van der Waals surface area contributed by atoms with Crippen LogP contribution in [0.4, 0.5) is 4.39 Å². The lowest BCUT2D eigenvalue weighted by Crippen LogP contribution is -2.32. The smallest absolute Gasteiger partial charge is 0.120 e. The van der Waals surface area contributed by atoms with Gasteiger partial charge in [-0.1, -0.05) is 6.07 Å². The fourth-order valence-corrected chi connectivity index (χ4v) is 2.53. The van der Waals surface area contributed by atoms with Crippen molar-refractivity contribution in [2.75, 3.05) is 6.54 Å². The SMILES string of the molecule is FC(Cc1cccs1)C1CCCN1. The number of rotatable bonds is 3. The van der Waals surface area contributed by atoms with Gasteiger partial charge in [0.05, 0.1) is 0 Å². The first kappa shape index (κ1) is 9.16. The molecule has 1 nitrogen and oxygen atoms in total. The van der Waals surface area contributed by atoms with Gasteiger partial charge in [0.1, 0.15) is 6.17 Å². The highest BCUT2D eigenvalue weighted by atomic mass is 32.1. The first-order chi connectivity index (χ1) is 6.36. The molecule has 0 aliphatic carbocycles. The van der Waals surface area contributed by atoms with Crippen LogP contribution in [0.5, 0.6) is 0 Å². The van der Waals surface area contributed by atoms with Crippen molar-refractivity contribution in [1.29, 1.82) is 0 Å². The van der Waals surface area contributed by atoms with E-state index < -0.39 is 6.17 Å². The summed E-state index contributed by atoms with van der Waals surface area (Å²) in [5, 5.41) is 5.20. The van der Waals surface area contributed by atoms with Gasteiger partial charge in [-0.05, 0) is 30.8 Å². The Morgan fingerprint density at radius 3 is 3.23 bits per heavy atom. The average molecular weight is 199 g/mol. The predicted octanol–water partition coefficient (Wildman–Crippen LogP) is 2.38. The molecule has 2 unspecified atom stereocenters. The molecule has 1 aromatic heterocycles. The van der Waals surface area contributed by atoms with E-state index in [-0.39, 0.29) is 6.04 Å². The van der Waals surface area contributed by atoms with E-state index in [4.69, 9.17) is 0 Å². The Labute approximate surface area is 82.0 Å². The quantitative estimate of drug-likeness (QED) is 0.788. The molecule has 0 saturated carbocycles. The molecule has 0 amide bonds. The molecule has 1 N–H and O–H groups in total. The van der Waals surface area contributed by atoms with Gasteiger partial charge in [-0.25, -0.2) is 4.39 Å². The van der Waals surface area contributed by atoms with E-state index in [9.17, 15) is 4.39 Å². The molecule has 1 saturated heterocycles. The summed E-state index contributed by atoms with van der Waals surface area (Å²) in [6.45, 7) is 0.982. The first-order valence-corrected chi connectivity index (χ1v) is 5.64. The minimum absolute atomic E-state index is 0.0992. The topological polar surface area (TPSA) is 12.0 Å². The average Bonchev–Trinajstić information content (AvgIpc) is 2.74. The third-order valence-electron chi connectivity index (χ3n) is 2.51. The predicted molar refractivity (Wildman–Crippen MR) is 53.9 cm³/mol. The molecule has 1 aliphatic rings. The van der Waals surface area contributed by atoms with Gasteiger partial charge < -0.3 is 5.32 Å². The number of nitrogens with one attached hydrogen (secondary N) is 1. The third-order valence-corrected chi connectivity index (χ3v) is 3.41. The summed E-state index contributed by atoms with van der Waals surface area (Å²) in [4.78, 5) is 1.15. The molecule has 13 heavy (non-hydrogen) atoms. The fourth-order valence-electron chi connectivity index (χ4n) is 1.78. The molecule has 1 aliphatic heterocycles. The minimum atomic E-state index is -0.707. The lowest BCUT2D eigenvalue weighted by molar-refractivity contribution is 0.265. The molecular weight excluding hydrogens is 185 g/mol. The van der Waals surface area contributed by atoms with Gasteiger partial charge in [0.2, 0.25) is 0 Å². The van der Waals surface area contributed by atoms with Crippen LogP contribution in [-0.2, 0) is 6.42 Å². The summed E-state index contributed by atoms with van der Waals surface area (Å²) in [6, 6.07) is 4.09. The Balaban J connectivity index is 1.87. The largest absolute Gasteiger partial charge is 0.311 e. The molecule has 0 bridgehead atoms. The van der Waals surface area contributed by atoms with E-state index in [1.807, 2.05) is 17.5 Å². The Morgan fingerprint density at radius 1 is 1.69 bits per heavy atom. The zero-order valence-corrected chi connectivity index (χ0v) is 8.32. The van der Waals surface area contributed by atoms with Crippen molar-refractivity contribution < 1.29 is 4.39 Å². The van der Waals surface area contributed by atoms with E-state index in [0.717, 1.165) is 24.3 Å². The molecule has 0 radical (unpaired) electrons. The molecule has 0 spiro atoms. The van der Waals surface area contributed by atoms with E-state index in [1.165, 1.54) is 0 Å². The maximum absolute atomic E-state index is 13.6. The van der Waals surface area contributed by atoms with Gasteiger partial charge in [-0.2, -0.15) is 0 Å². The number of alkyl halides is 1. The van der Waals surface area contributed by atoms with E-state index in [2.05, 4.69) is 5.32 Å². The summed E-state index contributed by atoms with van der Waals surface area (Å²) in [7, 11) is 0. The van der Waals surface area contributed by atoms with Crippen LogP contribution >= 0.6 is 11.3 Å². The Hall–Kier alpha value is -0.410. The van der Waals surface area contributed by atoms with Crippen LogP contribution in [0.15, 0.2) is 17.5 Å². The van der Waals surface area contributed by atoms with Crippen molar-refractivity contribution in [1.82, 2.24) is 5.32 Å². The van der Waals surface area contributed by atoms with Crippen molar-refractivity contribution >= 4 is 11.3 Å². The highest BCUT2D eigenvalue weighted by molar-refractivity contribution is 7.09. The van der Waals surface area contributed by atoms with Crippen LogP contribution in [0, 0.1) is 0 Å². The standard InChI is InChI=1S/C10H14FNS/c11-9(10-4-1-5-12-10)7-8-3-2-6-13-8/h2-3,6,9-10,12H,1,4-5,7H2. The molecule has 72 valence electrons. The van der Waals surface area contributed by atoms with E-state index >= 15 is 0 Å². The Kier molecular flexibility index (Phi) is 2.96. The molecule has 1 fully saturated rings. The van der Waals surface area contributed by atoms with Crippen molar-refractivity contribution in [3.05, 3.63) is 22.4 Å². The zero-order chi connectivity index (χ0) is 9.10. The van der Waals surface area contributed by atoms with Crippen LogP contribution < -0.4 is 5.32 Å². The van der Waals surface area contributed by atoms with Crippen LogP contribution in [0.3, 0.4) is 0 Å². The number of hydrogen-bond acceptors (Lipinski definition) is 2. The molecule has 3 heteroatoms. The molecule has 0 aromatic carbocycles. The van der Waals surface area contributed by atoms with Gasteiger partial charge in [-0.3, -0.25) is 0 Å². The molecule has 2 rings (SSSR count). The van der Waals surface area contributed by atoms with Crippen molar-refractivity contribution in [2.24, 2.45) is 0 Å². The summed E-state index contributed by atoms with van der Waals surface area (Å²) in [6.07, 6.45) is 1.98. The third kappa shape index (κ3) is 2.29. The maximum Gasteiger partial charge on any atom is 0.120 e. The molecule has 1 aromatic rings. The normalized spacial score (nSPS) is 24.8. The summed E-state index contributed by atoms with van der Waals surface area (Å²) < 4.78 is 13.6. The molecule has 2 heterocycles. The fraction of sp³-hybridized carbons (Fsp3) is 0.600. The molecule has 2 atom stereocenters. The Bertz CT molecular complexity index is 241. The van der Waals surface area contributed by atoms with E-state index in [0.29, 0.717) is 6.42 Å². The zero-order valence-electron chi connectivity index (χ0n) is 7.50. The highest BCUT2D eigenvalue weighted by Gasteiger charge is 2.24. The van der Waals surface area contributed by atoms with Gasteiger partial charge >= 0.3 is 0 Å².